The fourth-order valence-corrected chi connectivity index (χ4v) is 4.11. The number of benzene rings is 1. The van der Waals surface area contributed by atoms with E-state index >= 15 is 0 Å². The first kappa shape index (κ1) is 24.1. The standard InChI is InChI=1S/C20H26N4O6S/c1-6-24(7-2)31(26,27)16-8-9-19(21-13-16)23-22-12-15-10-17(28-4)20(30-14(3)25)18(11-15)29-5/h8-13H,6-7H2,1-5H3,(H,21,23). The van der Waals surface area contributed by atoms with Crippen molar-refractivity contribution in [3.63, 3.8) is 0 Å². The van der Waals surface area contributed by atoms with E-state index in [9.17, 15) is 13.2 Å². The lowest BCUT2D eigenvalue weighted by atomic mass is 10.2. The molecule has 10 nitrogen and oxygen atoms in total. The molecular weight excluding hydrogens is 424 g/mol. The first-order valence-electron chi connectivity index (χ1n) is 9.46. The minimum atomic E-state index is -3.57. The minimum absolute atomic E-state index is 0.112. The molecule has 0 atom stereocenters. The SMILES string of the molecule is CCN(CC)S(=O)(=O)c1ccc(NN=Cc2cc(OC)c(OC(C)=O)c(OC)c2)nc1. The highest BCUT2D eigenvalue weighted by Gasteiger charge is 2.21. The average Bonchev–Trinajstić information content (AvgIpc) is 2.75. The fraction of sp³-hybridized carbons (Fsp3) is 0.350. The van der Waals surface area contributed by atoms with Gasteiger partial charge in [-0.05, 0) is 24.3 Å². The number of pyridine rings is 1. The Morgan fingerprint density at radius 3 is 2.23 bits per heavy atom. The van der Waals surface area contributed by atoms with Crippen LogP contribution in [0.1, 0.15) is 26.3 Å². The highest BCUT2D eigenvalue weighted by atomic mass is 32.2. The Kier molecular flexibility index (Phi) is 8.34. The van der Waals surface area contributed by atoms with Gasteiger partial charge in [-0.3, -0.25) is 10.2 Å². The first-order valence-corrected chi connectivity index (χ1v) is 10.9. The Labute approximate surface area is 181 Å². The number of methoxy groups -OCH3 is 2. The Morgan fingerprint density at radius 1 is 1.16 bits per heavy atom. The minimum Gasteiger partial charge on any atom is -0.493 e. The van der Waals surface area contributed by atoms with E-state index in [0.717, 1.165) is 0 Å². The van der Waals surface area contributed by atoms with E-state index in [0.29, 0.717) is 36.0 Å². The lowest BCUT2D eigenvalue weighted by Gasteiger charge is -2.18. The normalized spacial score (nSPS) is 11.5. The number of sulfonamides is 1. The number of hydrogen-bond acceptors (Lipinski definition) is 9. The third-order valence-electron chi connectivity index (χ3n) is 4.20. The number of carbonyl (C=O) groups excluding carboxylic acids is 1. The van der Waals surface area contributed by atoms with Crippen molar-refractivity contribution >= 4 is 28.0 Å². The van der Waals surface area contributed by atoms with Gasteiger partial charge in [0.25, 0.3) is 0 Å². The molecule has 1 N–H and O–H groups in total. The molecule has 168 valence electrons. The van der Waals surface area contributed by atoms with Gasteiger partial charge in [0.15, 0.2) is 11.5 Å². The summed E-state index contributed by atoms with van der Waals surface area (Å²) >= 11 is 0. The van der Waals surface area contributed by atoms with Crippen LogP contribution in [0, 0.1) is 0 Å². The summed E-state index contributed by atoms with van der Waals surface area (Å²) in [6.07, 6.45) is 2.77. The predicted molar refractivity (Wildman–Crippen MR) is 116 cm³/mol. The van der Waals surface area contributed by atoms with Gasteiger partial charge in [-0.15, -0.1) is 0 Å². The second-order valence-electron chi connectivity index (χ2n) is 6.19. The number of anilines is 1. The summed E-state index contributed by atoms with van der Waals surface area (Å²) in [4.78, 5) is 15.5. The highest BCUT2D eigenvalue weighted by Crippen LogP contribution is 2.38. The zero-order chi connectivity index (χ0) is 23.0. The maximum absolute atomic E-state index is 12.5. The van der Waals surface area contributed by atoms with Crippen molar-refractivity contribution in [2.75, 3.05) is 32.7 Å². The molecule has 1 heterocycles. The largest absolute Gasteiger partial charge is 0.493 e. The van der Waals surface area contributed by atoms with E-state index in [-0.39, 0.29) is 10.6 Å². The van der Waals surface area contributed by atoms with Crippen molar-refractivity contribution in [3.8, 4) is 17.2 Å². The molecule has 31 heavy (non-hydrogen) atoms. The Hall–Kier alpha value is -3.18. The Balaban J connectivity index is 2.18. The second kappa shape index (κ2) is 10.7. The van der Waals surface area contributed by atoms with Crippen LogP contribution in [0.25, 0.3) is 0 Å². The molecular formula is C20H26N4O6S. The van der Waals surface area contributed by atoms with Gasteiger partial charge in [-0.1, -0.05) is 13.8 Å². The summed E-state index contributed by atoms with van der Waals surface area (Å²) < 4.78 is 42.0. The van der Waals surface area contributed by atoms with Crippen LogP contribution in [0.4, 0.5) is 5.82 Å². The molecule has 2 rings (SSSR count). The van der Waals surface area contributed by atoms with E-state index < -0.39 is 16.0 Å². The fourth-order valence-electron chi connectivity index (χ4n) is 2.70. The predicted octanol–water partition coefficient (Wildman–Crippen LogP) is 2.50. The second-order valence-corrected chi connectivity index (χ2v) is 8.12. The van der Waals surface area contributed by atoms with Crippen LogP contribution >= 0.6 is 0 Å². The van der Waals surface area contributed by atoms with Gasteiger partial charge in [0, 0.05) is 31.8 Å². The van der Waals surface area contributed by atoms with Gasteiger partial charge < -0.3 is 14.2 Å². The topological polar surface area (TPSA) is 119 Å². The summed E-state index contributed by atoms with van der Waals surface area (Å²) in [5.74, 6) is 0.650. The summed E-state index contributed by atoms with van der Waals surface area (Å²) in [6.45, 7) is 5.60. The van der Waals surface area contributed by atoms with Crippen LogP contribution in [-0.2, 0) is 14.8 Å². The highest BCUT2D eigenvalue weighted by molar-refractivity contribution is 7.89. The van der Waals surface area contributed by atoms with Crippen LogP contribution < -0.4 is 19.6 Å². The summed E-state index contributed by atoms with van der Waals surface area (Å²) in [5, 5.41) is 4.10. The van der Waals surface area contributed by atoms with E-state index in [1.807, 2.05) is 0 Å². The molecule has 0 amide bonds. The number of nitrogens with zero attached hydrogens (tertiary/aromatic N) is 3. The third kappa shape index (κ3) is 5.92. The number of hydrogen-bond donors (Lipinski definition) is 1. The molecule has 11 heteroatoms. The lowest BCUT2D eigenvalue weighted by Crippen LogP contribution is -2.30. The number of nitrogens with one attached hydrogen (secondary N) is 1. The van der Waals surface area contributed by atoms with Gasteiger partial charge in [0.1, 0.15) is 10.7 Å². The first-order chi connectivity index (χ1) is 14.8. The summed E-state index contributed by atoms with van der Waals surface area (Å²) in [5.41, 5.74) is 3.34. The molecule has 0 aliphatic rings. The number of hydrazone groups is 1. The van der Waals surface area contributed by atoms with Crippen LogP contribution in [0.3, 0.4) is 0 Å². The quantitative estimate of drug-likeness (QED) is 0.254. The van der Waals surface area contributed by atoms with Gasteiger partial charge in [0.05, 0.1) is 20.4 Å². The summed E-state index contributed by atoms with van der Waals surface area (Å²) in [6, 6.07) is 6.25. The van der Waals surface area contributed by atoms with Crippen molar-refractivity contribution in [1.29, 1.82) is 0 Å². The molecule has 0 saturated carbocycles. The molecule has 0 unspecified atom stereocenters. The van der Waals surface area contributed by atoms with Crippen molar-refractivity contribution in [1.82, 2.24) is 9.29 Å². The maximum atomic E-state index is 12.5. The zero-order valence-corrected chi connectivity index (χ0v) is 18.9. The van der Waals surface area contributed by atoms with Crippen LogP contribution in [0.15, 0.2) is 40.5 Å². The maximum Gasteiger partial charge on any atom is 0.308 e. The average molecular weight is 451 g/mol. The van der Waals surface area contributed by atoms with E-state index in [2.05, 4.69) is 15.5 Å². The molecule has 0 aliphatic carbocycles. The van der Waals surface area contributed by atoms with Gasteiger partial charge >= 0.3 is 5.97 Å². The Bertz CT molecular complexity index is 1010. The lowest BCUT2D eigenvalue weighted by molar-refractivity contribution is -0.132. The van der Waals surface area contributed by atoms with E-state index in [4.69, 9.17) is 14.2 Å². The monoisotopic (exact) mass is 450 g/mol. The number of esters is 1. The van der Waals surface area contributed by atoms with E-state index in [1.165, 1.54) is 50.0 Å². The number of carbonyl (C=O) groups is 1. The molecule has 1 aromatic carbocycles. The van der Waals surface area contributed by atoms with Crippen LogP contribution in [-0.4, -0.2) is 57.2 Å². The van der Waals surface area contributed by atoms with E-state index in [1.54, 1.807) is 26.0 Å². The number of rotatable bonds is 10. The van der Waals surface area contributed by atoms with Crippen molar-refractivity contribution in [2.45, 2.75) is 25.7 Å². The summed E-state index contributed by atoms with van der Waals surface area (Å²) in [7, 11) is -0.682. The van der Waals surface area contributed by atoms with Gasteiger partial charge in [0.2, 0.25) is 15.8 Å². The van der Waals surface area contributed by atoms with Gasteiger partial charge in [-0.2, -0.15) is 9.41 Å². The van der Waals surface area contributed by atoms with Crippen LogP contribution in [0.2, 0.25) is 0 Å². The molecule has 2 aromatic rings. The Morgan fingerprint density at radius 2 is 1.77 bits per heavy atom. The zero-order valence-electron chi connectivity index (χ0n) is 18.1. The molecule has 0 spiro atoms. The molecule has 0 fully saturated rings. The van der Waals surface area contributed by atoms with Crippen molar-refractivity contribution < 1.29 is 27.4 Å². The van der Waals surface area contributed by atoms with Crippen molar-refractivity contribution in [2.24, 2.45) is 5.10 Å². The smallest absolute Gasteiger partial charge is 0.308 e. The molecule has 0 bridgehead atoms. The molecule has 0 saturated heterocycles. The number of ether oxygens (including phenoxy) is 3. The molecule has 0 radical (unpaired) electrons. The third-order valence-corrected chi connectivity index (χ3v) is 6.23. The van der Waals surface area contributed by atoms with Crippen LogP contribution in [0.5, 0.6) is 17.2 Å². The number of aromatic nitrogens is 1. The van der Waals surface area contributed by atoms with Gasteiger partial charge in [-0.25, -0.2) is 13.4 Å². The van der Waals surface area contributed by atoms with Crippen molar-refractivity contribution in [3.05, 3.63) is 36.0 Å². The molecule has 0 aliphatic heterocycles. The molecule has 1 aromatic heterocycles.